The first-order valence-electron chi connectivity index (χ1n) is 10.4. The molecular weight excluding hydrogens is 366 g/mol. The summed E-state index contributed by atoms with van der Waals surface area (Å²) in [5.74, 6) is 0. The largest absolute Gasteiger partial charge is 0.378 e. The Morgan fingerprint density at radius 3 is 2.20 bits per heavy atom. The lowest BCUT2D eigenvalue weighted by molar-refractivity contribution is 0.709. The van der Waals surface area contributed by atoms with Crippen molar-refractivity contribution in [1.82, 2.24) is 0 Å². The molecule has 1 aliphatic heterocycles. The molecule has 1 aliphatic rings. The smallest absolute Gasteiger partial charge is 0.0831 e. The lowest BCUT2D eigenvalue weighted by Gasteiger charge is -2.24. The number of rotatable bonds is 4. The topological polar surface area (TPSA) is 18.8 Å². The number of hydrogen-bond donors (Lipinski definition) is 0. The van der Waals surface area contributed by atoms with Gasteiger partial charge in [-0.1, -0.05) is 66.7 Å². The normalized spacial score (nSPS) is 16.0. The molecule has 0 aliphatic carbocycles. The predicted molar refractivity (Wildman–Crippen MR) is 128 cm³/mol. The zero-order valence-electron chi connectivity index (χ0n) is 17.4. The van der Waals surface area contributed by atoms with Crippen LogP contribution in [0.2, 0.25) is 0 Å². The van der Waals surface area contributed by atoms with Gasteiger partial charge in [0, 0.05) is 26.2 Å². The van der Waals surface area contributed by atoms with E-state index in [1.807, 2.05) is 0 Å². The summed E-state index contributed by atoms with van der Waals surface area (Å²) in [4.78, 5) is 2.13. The van der Waals surface area contributed by atoms with Crippen LogP contribution in [0.25, 0.3) is 10.8 Å². The lowest BCUT2D eigenvalue weighted by atomic mass is 9.96. The van der Waals surface area contributed by atoms with E-state index < -0.39 is 0 Å². The number of fused-ring (bicyclic) bond motifs is 1. The van der Waals surface area contributed by atoms with Crippen LogP contribution >= 0.6 is 0 Å². The number of nitrogens with zero attached hydrogens (tertiary/aromatic N) is 3. The average molecular weight is 392 g/mol. The Hall–Kier alpha value is -3.59. The van der Waals surface area contributed by atoms with Crippen molar-refractivity contribution in [2.75, 3.05) is 24.0 Å². The molecule has 0 saturated heterocycles. The maximum atomic E-state index is 5.09. The van der Waals surface area contributed by atoms with Crippen molar-refractivity contribution < 1.29 is 0 Å². The van der Waals surface area contributed by atoms with Gasteiger partial charge in [0.2, 0.25) is 0 Å². The summed E-state index contributed by atoms with van der Waals surface area (Å²) in [7, 11) is 4.14. The van der Waals surface area contributed by atoms with Gasteiger partial charge >= 0.3 is 0 Å². The minimum Gasteiger partial charge on any atom is -0.378 e. The van der Waals surface area contributed by atoms with Gasteiger partial charge in [-0.15, -0.1) is 0 Å². The Labute approximate surface area is 177 Å². The molecule has 148 valence electrons. The zero-order valence-corrected chi connectivity index (χ0v) is 17.4. The summed E-state index contributed by atoms with van der Waals surface area (Å²) >= 11 is 0. The minimum absolute atomic E-state index is 0.185. The third-order valence-electron chi connectivity index (χ3n) is 5.81. The van der Waals surface area contributed by atoms with Gasteiger partial charge in [0.15, 0.2) is 0 Å². The summed E-state index contributed by atoms with van der Waals surface area (Å²) in [6, 6.07) is 34.6. The Balaban J connectivity index is 1.54. The molecule has 1 unspecified atom stereocenters. The lowest BCUT2D eigenvalue weighted by Crippen LogP contribution is -2.18. The van der Waals surface area contributed by atoms with Crippen LogP contribution in [-0.4, -0.2) is 19.8 Å². The molecule has 0 saturated carbocycles. The molecule has 1 heterocycles. The molecule has 30 heavy (non-hydrogen) atoms. The molecule has 0 fully saturated rings. The number of benzene rings is 4. The highest BCUT2D eigenvalue weighted by atomic mass is 15.5. The molecule has 3 nitrogen and oxygen atoms in total. The first kappa shape index (κ1) is 18.4. The van der Waals surface area contributed by atoms with E-state index in [0.717, 1.165) is 17.8 Å². The van der Waals surface area contributed by atoms with Crippen molar-refractivity contribution in [2.24, 2.45) is 5.10 Å². The Kier molecular flexibility index (Phi) is 4.72. The first-order chi connectivity index (χ1) is 14.7. The van der Waals surface area contributed by atoms with Gasteiger partial charge in [-0.2, -0.15) is 5.10 Å². The molecule has 4 aromatic carbocycles. The van der Waals surface area contributed by atoms with E-state index in [1.54, 1.807) is 0 Å². The van der Waals surface area contributed by atoms with Crippen molar-refractivity contribution in [2.45, 2.75) is 12.5 Å². The number of hydrogen-bond acceptors (Lipinski definition) is 3. The van der Waals surface area contributed by atoms with Gasteiger partial charge in [-0.25, -0.2) is 0 Å². The average Bonchev–Trinajstić information content (AvgIpc) is 3.25. The monoisotopic (exact) mass is 391 g/mol. The molecule has 0 spiro atoms. The van der Waals surface area contributed by atoms with Gasteiger partial charge < -0.3 is 4.90 Å². The first-order valence-corrected chi connectivity index (χ1v) is 10.4. The second-order valence-electron chi connectivity index (χ2n) is 7.99. The van der Waals surface area contributed by atoms with Crippen LogP contribution in [0.1, 0.15) is 23.6 Å². The molecule has 1 atom stereocenters. The van der Waals surface area contributed by atoms with Crippen molar-refractivity contribution >= 4 is 27.9 Å². The number of hydrazone groups is 1. The van der Waals surface area contributed by atoms with Gasteiger partial charge in [0.1, 0.15) is 0 Å². The van der Waals surface area contributed by atoms with Gasteiger partial charge in [0.25, 0.3) is 0 Å². The van der Waals surface area contributed by atoms with Crippen LogP contribution in [0, 0.1) is 0 Å². The van der Waals surface area contributed by atoms with E-state index in [1.165, 1.54) is 27.6 Å². The Bertz CT molecular complexity index is 1190. The maximum Gasteiger partial charge on any atom is 0.0831 e. The van der Waals surface area contributed by atoms with Gasteiger partial charge in [-0.3, -0.25) is 5.01 Å². The summed E-state index contributed by atoms with van der Waals surface area (Å²) < 4.78 is 0. The highest BCUT2D eigenvalue weighted by molar-refractivity contribution is 6.05. The molecule has 0 N–H and O–H groups in total. The highest BCUT2D eigenvalue weighted by Crippen LogP contribution is 2.37. The minimum atomic E-state index is 0.185. The van der Waals surface area contributed by atoms with E-state index in [4.69, 9.17) is 5.10 Å². The Morgan fingerprint density at radius 1 is 0.767 bits per heavy atom. The molecule has 4 aromatic rings. The van der Waals surface area contributed by atoms with Crippen molar-refractivity contribution in [3.63, 3.8) is 0 Å². The van der Waals surface area contributed by atoms with Crippen molar-refractivity contribution in [3.05, 3.63) is 108 Å². The quantitative estimate of drug-likeness (QED) is 0.409. The summed E-state index contributed by atoms with van der Waals surface area (Å²) in [5.41, 5.74) is 5.94. The summed E-state index contributed by atoms with van der Waals surface area (Å²) in [6.45, 7) is 0. The highest BCUT2D eigenvalue weighted by Gasteiger charge is 2.30. The fraction of sp³-hybridized carbons (Fsp3) is 0.148. The van der Waals surface area contributed by atoms with Crippen LogP contribution in [0.15, 0.2) is 102 Å². The van der Waals surface area contributed by atoms with Crippen LogP contribution in [0.5, 0.6) is 0 Å². The van der Waals surface area contributed by atoms with Gasteiger partial charge in [0.05, 0.1) is 17.4 Å². The number of para-hydroxylation sites is 1. The van der Waals surface area contributed by atoms with E-state index in [2.05, 4.69) is 121 Å². The third-order valence-corrected chi connectivity index (χ3v) is 5.81. The Morgan fingerprint density at radius 2 is 1.47 bits per heavy atom. The number of anilines is 2. The molecule has 0 bridgehead atoms. The van der Waals surface area contributed by atoms with Gasteiger partial charge in [-0.05, 0) is 52.2 Å². The van der Waals surface area contributed by atoms with E-state index in [0.29, 0.717) is 0 Å². The third kappa shape index (κ3) is 3.43. The fourth-order valence-electron chi connectivity index (χ4n) is 4.13. The standard InChI is InChI=1S/C27H25N3/c1-29(2)24-16-14-21(15-17-24)27-19-26(28-30(27)25-10-4-3-5-11-25)23-13-12-20-8-6-7-9-22(20)18-23/h3-18,27H,19H2,1-2H3. The van der Waals surface area contributed by atoms with E-state index in [-0.39, 0.29) is 6.04 Å². The predicted octanol–water partition coefficient (Wildman–Crippen LogP) is 6.26. The summed E-state index contributed by atoms with van der Waals surface area (Å²) in [6.07, 6.45) is 0.883. The molecule has 0 amide bonds. The second kappa shape index (κ2) is 7.68. The van der Waals surface area contributed by atoms with Crippen molar-refractivity contribution in [1.29, 1.82) is 0 Å². The zero-order chi connectivity index (χ0) is 20.5. The maximum absolute atomic E-state index is 5.09. The molecule has 0 radical (unpaired) electrons. The molecule has 5 rings (SSSR count). The van der Waals surface area contributed by atoms with E-state index in [9.17, 15) is 0 Å². The summed E-state index contributed by atoms with van der Waals surface area (Å²) in [5, 5.41) is 9.78. The van der Waals surface area contributed by atoms with Crippen LogP contribution in [0.3, 0.4) is 0 Å². The second-order valence-corrected chi connectivity index (χ2v) is 7.99. The molecular formula is C27H25N3. The van der Waals surface area contributed by atoms with Crippen LogP contribution in [-0.2, 0) is 0 Å². The van der Waals surface area contributed by atoms with Crippen LogP contribution in [0.4, 0.5) is 11.4 Å². The molecule has 3 heteroatoms. The van der Waals surface area contributed by atoms with E-state index >= 15 is 0 Å². The fourth-order valence-corrected chi connectivity index (χ4v) is 4.13. The SMILES string of the molecule is CN(C)c1ccc(C2CC(c3ccc4ccccc4c3)=NN2c2ccccc2)cc1. The van der Waals surface area contributed by atoms with Crippen molar-refractivity contribution in [3.8, 4) is 0 Å². The molecule has 0 aromatic heterocycles. The van der Waals surface area contributed by atoms with Crippen LogP contribution < -0.4 is 9.91 Å².